The van der Waals surface area contributed by atoms with Crippen molar-refractivity contribution in [3.05, 3.63) is 47.0 Å². The van der Waals surface area contributed by atoms with E-state index in [0.717, 1.165) is 49.5 Å². The van der Waals surface area contributed by atoms with Crippen molar-refractivity contribution in [3.8, 4) is 6.07 Å². The van der Waals surface area contributed by atoms with Crippen LogP contribution in [0.15, 0.2) is 20.4 Å². The van der Waals surface area contributed by atoms with E-state index < -0.39 is 24.2 Å². The minimum Gasteiger partial charge on any atom is -0.362 e. The van der Waals surface area contributed by atoms with Gasteiger partial charge in [0.1, 0.15) is 16.9 Å². The van der Waals surface area contributed by atoms with Crippen LogP contribution < -0.4 is 10.6 Å². The number of nitrogens with zero attached hydrogens (tertiary/aromatic N) is 3. The molecule has 0 radical (unpaired) electrons. The summed E-state index contributed by atoms with van der Waals surface area (Å²) in [5.41, 5.74) is 1.23. The second-order valence-electron chi connectivity index (χ2n) is 8.07. The van der Waals surface area contributed by atoms with Gasteiger partial charge in [0.2, 0.25) is 0 Å². The third kappa shape index (κ3) is 4.19. The second kappa shape index (κ2) is 8.96. The van der Waals surface area contributed by atoms with Gasteiger partial charge in [0, 0.05) is 16.2 Å². The summed E-state index contributed by atoms with van der Waals surface area (Å²) in [5, 5.41) is 19.9. The summed E-state index contributed by atoms with van der Waals surface area (Å²) in [6.45, 7) is 0. The number of aromatic nitrogens is 2. The van der Waals surface area contributed by atoms with Gasteiger partial charge in [0.05, 0.1) is 19.9 Å². The van der Waals surface area contributed by atoms with Gasteiger partial charge in [-0.2, -0.15) is 23.5 Å². The highest BCUT2D eigenvalue weighted by molar-refractivity contribution is 9.11. The first kappa shape index (κ1) is 23.8. The molecule has 5 rings (SSSR count). The number of amides is 1. The first-order chi connectivity index (χ1) is 16.2. The highest BCUT2D eigenvalue weighted by atomic mass is 79.9. The van der Waals surface area contributed by atoms with Gasteiger partial charge in [0.15, 0.2) is 11.7 Å². The number of carbonyl (C=O) groups excluding carboxylic acids is 1. The number of anilines is 2. The van der Waals surface area contributed by atoms with Crippen molar-refractivity contribution in [2.75, 3.05) is 10.6 Å². The number of nitrogens with one attached hydrogen (secondary N) is 2. The molecule has 2 aliphatic rings. The van der Waals surface area contributed by atoms with Gasteiger partial charge in [-0.15, -0.1) is 22.7 Å². The standard InChI is InChI=1S/C21H16Br2F3N5OS2/c22-15-6-5-13(33-15)11-7-14(21(24,25)26)31-18(28-11)16(23)17(30-31)19(32)29-20-10(8-27)9-3-1-2-4-12(9)34-20/h5-6,11,14,28H,1-4,7H2,(H,29,32). The summed E-state index contributed by atoms with van der Waals surface area (Å²) in [7, 11) is 0. The second-order valence-corrected chi connectivity index (χ2v) is 12.5. The lowest BCUT2D eigenvalue weighted by Crippen LogP contribution is -2.35. The van der Waals surface area contributed by atoms with Gasteiger partial charge in [0.25, 0.3) is 5.91 Å². The quantitative estimate of drug-likeness (QED) is 0.319. The maximum atomic E-state index is 14.0. The number of nitriles is 1. The molecule has 1 aliphatic carbocycles. The summed E-state index contributed by atoms with van der Waals surface area (Å²) in [6.07, 6.45) is -1.16. The molecule has 13 heteroatoms. The van der Waals surface area contributed by atoms with Crippen LogP contribution >= 0.6 is 54.5 Å². The maximum absolute atomic E-state index is 14.0. The van der Waals surface area contributed by atoms with Crippen LogP contribution in [-0.2, 0) is 12.8 Å². The maximum Gasteiger partial charge on any atom is 0.410 e. The lowest BCUT2D eigenvalue weighted by molar-refractivity contribution is -0.173. The van der Waals surface area contributed by atoms with E-state index in [4.69, 9.17) is 0 Å². The zero-order chi connectivity index (χ0) is 24.2. The van der Waals surface area contributed by atoms with Crippen molar-refractivity contribution >= 4 is 71.3 Å². The molecule has 6 nitrogen and oxygen atoms in total. The Kier molecular flexibility index (Phi) is 6.29. The zero-order valence-corrected chi connectivity index (χ0v) is 22.1. The van der Waals surface area contributed by atoms with E-state index in [9.17, 15) is 23.2 Å². The number of halogens is 5. The molecule has 0 spiro atoms. The monoisotopic (exact) mass is 633 g/mol. The predicted octanol–water partition coefficient (Wildman–Crippen LogP) is 7.19. The Morgan fingerprint density at radius 1 is 1.26 bits per heavy atom. The summed E-state index contributed by atoms with van der Waals surface area (Å²) in [4.78, 5) is 14.9. The molecule has 0 saturated heterocycles. The molecule has 2 atom stereocenters. The molecule has 3 aromatic rings. The van der Waals surface area contributed by atoms with Crippen LogP contribution in [0.25, 0.3) is 0 Å². The van der Waals surface area contributed by atoms with Gasteiger partial charge < -0.3 is 10.6 Å². The van der Waals surface area contributed by atoms with Crippen molar-refractivity contribution < 1.29 is 18.0 Å². The number of hydrogen-bond acceptors (Lipinski definition) is 6. The van der Waals surface area contributed by atoms with Crippen LogP contribution in [0, 0.1) is 11.3 Å². The Morgan fingerprint density at radius 3 is 2.71 bits per heavy atom. The summed E-state index contributed by atoms with van der Waals surface area (Å²) < 4.78 is 43.8. The molecular formula is C21H16Br2F3N5OS2. The Balaban J connectivity index is 1.49. The lowest BCUT2D eigenvalue weighted by Gasteiger charge is -2.33. The van der Waals surface area contributed by atoms with E-state index in [2.05, 4.69) is 53.7 Å². The summed E-state index contributed by atoms with van der Waals surface area (Å²) in [6, 6.07) is 3.25. The highest BCUT2D eigenvalue weighted by Crippen LogP contribution is 2.47. The minimum absolute atomic E-state index is 0.0965. The average Bonchev–Trinajstić information content (AvgIpc) is 3.47. The number of hydrogen-bond donors (Lipinski definition) is 2. The third-order valence-corrected chi connectivity index (χ3v) is 9.65. The minimum atomic E-state index is -4.55. The Morgan fingerprint density at radius 2 is 2.03 bits per heavy atom. The molecule has 0 aromatic carbocycles. The van der Waals surface area contributed by atoms with Gasteiger partial charge in [-0.25, -0.2) is 4.68 Å². The van der Waals surface area contributed by atoms with Crippen LogP contribution in [0.2, 0.25) is 0 Å². The molecule has 34 heavy (non-hydrogen) atoms. The molecule has 1 amide bonds. The Bertz CT molecular complexity index is 1320. The van der Waals surface area contributed by atoms with Crippen LogP contribution in [0.3, 0.4) is 0 Å². The molecule has 0 saturated carbocycles. The van der Waals surface area contributed by atoms with Crippen molar-refractivity contribution in [1.29, 1.82) is 5.26 Å². The van der Waals surface area contributed by atoms with Crippen molar-refractivity contribution in [1.82, 2.24) is 9.78 Å². The topological polar surface area (TPSA) is 82.7 Å². The number of aryl methyl sites for hydroxylation is 1. The van der Waals surface area contributed by atoms with Gasteiger partial charge in [-0.1, -0.05) is 0 Å². The van der Waals surface area contributed by atoms with Crippen molar-refractivity contribution in [3.63, 3.8) is 0 Å². The fraction of sp³-hybridized carbons (Fsp3) is 0.381. The molecule has 4 heterocycles. The first-order valence-electron chi connectivity index (χ1n) is 10.4. The van der Waals surface area contributed by atoms with Crippen molar-refractivity contribution in [2.24, 2.45) is 0 Å². The van der Waals surface area contributed by atoms with Gasteiger partial charge >= 0.3 is 6.18 Å². The molecule has 1 aliphatic heterocycles. The Labute approximate surface area is 217 Å². The smallest absolute Gasteiger partial charge is 0.362 e. The van der Waals surface area contributed by atoms with Crippen LogP contribution in [0.1, 0.15) is 62.7 Å². The summed E-state index contributed by atoms with van der Waals surface area (Å²) in [5.74, 6) is -0.568. The van der Waals surface area contributed by atoms with Crippen molar-refractivity contribution in [2.45, 2.75) is 50.4 Å². The number of carbonyl (C=O) groups is 1. The average molecular weight is 635 g/mol. The molecule has 0 bridgehead atoms. The number of fused-ring (bicyclic) bond motifs is 2. The third-order valence-electron chi connectivity index (χ3n) is 5.96. The van der Waals surface area contributed by atoms with E-state index in [1.807, 2.05) is 0 Å². The van der Waals surface area contributed by atoms with Gasteiger partial charge in [-0.05, 0) is 75.2 Å². The van der Waals surface area contributed by atoms with E-state index in [-0.39, 0.29) is 22.4 Å². The Hall–Kier alpha value is -1.88. The first-order valence-corrected chi connectivity index (χ1v) is 13.6. The zero-order valence-electron chi connectivity index (χ0n) is 17.3. The van der Waals surface area contributed by atoms with E-state index >= 15 is 0 Å². The summed E-state index contributed by atoms with van der Waals surface area (Å²) >= 11 is 9.36. The van der Waals surface area contributed by atoms with Crippen LogP contribution in [0.5, 0.6) is 0 Å². The largest absolute Gasteiger partial charge is 0.410 e. The molecule has 2 N–H and O–H groups in total. The van der Waals surface area contributed by atoms with Crippen LogP contribution in [0.4, 0.5) is 24.0 Å². The fourth-order valence-electron chi connectivity index (χ4n) is 4.37. The lowest BCUT2D eigenvalue weighted by atomic mass is 9.96. The molecule has 178 valence electrons. The molecular weight excluding hydrogens is 619 g/mol. The van der Waals surface area contributed by atoms with E-state index in [0.29, 0.717) is 10.6 Å². The number of rotatable bonds is 3. The normalized spacial score (nSPS) is 19.6. The SMILES string of the molecule is N#Cc1c(NC(=O)c2nn3c(c2Br)NC(c2ccc(Br)s2)CC3C(F)(F)F)sc2c1CCCC2. The fourth-order valence-corrected chi connectivity index (χ4v) is 7.65. The number of thiophene rings is 2. The van der Waals surface area contributed by atoms with E-state index in [1.165, 1.54) is 22.7 Å². The van der Waals surface area contributed by atoms with Gasteiger partial charge in [-0.3, -0.25) is 4.79 Å². The van der Waals surface area contributed by atoms with Crippen LogP contribution in [-0.4, -0.2) is 21.9 Å². The molecule has 3 aromatic heterocycles. The highest BCUT2D eigenvalue weighted by Gasteiger charge is 2.48. The number of alkyl halides is 3. The van der Waals surface area contributed by atoms with E-state index in [1.54, 1.807) is 12.1 Å². The molecule has 0 fully saturated rings. The predicted molar refractivity (Wildman–Crippen MR) is 132 cm³/mol. The molecule has 2 unspecified atom stereocenters.